The Kier molecular flexibility index (Phi) is 7.20. The summed E-state index contributed by atoms with van der Waals surface area (Å²) in [6.45, 7) is 8.65. The molecular formula is C21H31N3O2S2. The number of amides is 1. The molecule has 1 aliphatic rings. The van der Waals surface area contributed by atoms with Crippen molar-refractivity contribution < 1.29 is 4.79 Å². The van der Waals surface area contributed by atoms with Crippen LogP contribution in [0.3, 0.4) is 0 Å². The van der Waals surface area contributed by atoms with Crippen molar-refractivity contribution in [3.8, 4) is 0 Å². The molecule has 0 aromatic carbocycles. The van der Waals surface area contributed by atoms with Gasteiger partial charge in [0.25, 0.3) is 5.56 Å². The second-order valence-corrected chi connectivity index (χ2v) is 10.3. The predicted molar refractivity (Wildman–Crippen MR) is 119 cm³/mol. The van der Waals surface area contributed by atoms with Crippen molar-refractivity contribution in [1.82, 2.24) is 14.9 Å². The zero-order valence-electron chi connectivity index (χ0n) is 17.3. The Hall–Kier alpha value is -1.34. The average molecular weight is 422 g/mol. The minimum atomic E-state index is -0.291. The standard InChI is InChI=1S/C21H31N3O2S2/c1-5-6-7-8-12-24-20(26)17-15-10-9-11-16(15)28-19(17)23-21(24)27-14(4)18(25)22-13(2)3/h13-14H,5-12H2,1-4H3,(H,22,25). The number of nitrogens with zero attached hydrogens (tertiary/aromatic N) is 2. The molecular weight excluding hydrogens is 390 g/mol. The van der Waals surface area contributed by atoms with Gasteiger partial charge in [-0.2, -0.15) is 0 Å². The molecule has 0 fully saturated rings. The number of fused-ring (bicyclic) bond motifs is 3. The highest BCUT2D eigenvalue weighted by molar-refractivity contribution is 8.00. The van der Waals surface area contributed by atoms with Crippen molar-refractivity contribution in [1.29, 1.82) is 0 Å². The normalized spacial score (nSPS) is 14.6. The minimum absolute atomic E-state index is 0.0134. The lowest BCUT2D eigenvalue weighted by Crippen LogP contribution is -2.36. The van der Waals surface area contributed by atoms with Crippen LogP contribution in [0.5, 0.6) is 0 Å². The van der Waals surface area contributed by atoms with E-state index in [1.807, 2.05) is 25.3 Å². The van der Waals surface area contributed by atoms with E-state index < -0.39 is 0 Å². The first-order valence-corrected chi connectivity index (χ1v) is 12.1. The molecule has 0 bridgehead atoms. The monoisotopic (exact) mass is 421 g/mol. The Bertz CT molecular complexity index is 901. The van der Waals surface area contributed by atoms with Crippen LogP contribution in [0.1, 0.15) is 70.2 Å². The number of carbonyl (C=O) groups is 1. The fourth-order valence-corrected chi connectivity index (χ4v) is 5.90. The quantitative estimate of drug-likeness (QED) is 0.367. The van der Waals surface area contributed by atoms with E-state index >= 15 is 0 Å². The number of rotatable bonds is 9. The second-order valence-electron chi connectivity index (χ2n) is 7.87. The van der Waals surface area contributed by atoms with E-state index in [2.05, 4.69) is 12.2 Å². The second kappa shape index (κ2) is 9.44. The van der Waals surface area contributed by atoms with Crippen LogP contribution in [-0.2, 0) is 24.2 Å². The maximum absolute atomic E-state index is 13.4. The van der Waals surface area contributed by atoms with Crippen molar-refractivity contribution in [3.05, 3.63) is 20.8 Å². The molecule has 2 heterocycles. The van der Waals surface area contributed by atoms with Crippen molar-refractivity contribution in [3.63, 3.8) is 0 Å². The van der Waals surface area contributed by atoms with E-state index in [0.29, 0.717) is 11.7 Å². The van der Waals surface area contributed by atoms with Crippen LogP contribution in [0.25, 0.3) is 10.2 Å². The van der Waals surface area contributed by atoms with Gasteiger partial charge in [-0.05, 0) is 52.0 Å². The zero-order chi connectivity index (χ0) is 20.3. The van der Waals surface area contributed by atoms with E-state index in [4.69, 9.17) is 4.98 Å². The van der Waals surface area contributed by atoms with Gasteiger partial charge in [0.05, 0.1) is 10.6 Å². The number of hydrogen-bond acceptors (Lipinski definition) is 5. The smallest absolute Gasteiger partial charge is 0.263 e. The fourth-order valence-electron chi connectivity index (χ4n) is 3.66. The molecule has 1 atom stereocenters. The first-order valence-electron chi connectivity index (χ1n) is 10.4. The predicted octanol–water partition coefficient (Wildman–Crippen LogP) is 4.53. The minimum Gasteiger partial charge on any atom is -0.353 e. The SMILES string of the molecule is CCCCCCn1c(SC(C)C(=O)NC(C)C)nc2sc3c(c2c1=O)CCC3. The zero-order valence-corrected chi connectivity index (χ0v) is 19.0. The lowest BCUT2D eigenvalue weighted by Gasteiger charge is -2.17. The van der Waals surface area contributed by atoms with E-state index in [-0.39, 0.29) is 22.8 Å². The van der Waals surface area contributed by atoms with E-state index in [1.165, 1.54) is 28.6 Å². The lowest BCUT2D eigenvalue weighted by molar-refractivity contribution is -0.120. The van der Waals surface area contributed by atoms with Gasteiger partial charge in [-0.25, -0.2) is 4.98 Å². The summed E-state index contributed by atoms with van der Waals surface area (Å²) in [7, 11) is 0. The van der Waals surface area contributed by atoms with Gasteiger partial charge in [0, 0.05) is 17.5 Å². The average Bonchev–Trinajstić information content (AvgIpc) is 3.20. The number of aryl methyl sites for hydroxylation is 2. The number of aromatic nitrogens is 2. The molecule has 0 saturated carbocycles. The Morgan fingerprint density at radius 1 is 1.25 bits per heavy atom. The first kappa shape index (κ1) is 21.4. The van der Waals surface area contributed by atoms with Gasteiger partial charge in [0.15, 0.2) is 5.16 Å². The Labute approximate surface area is 175 Å². The molecule has 3 rings (SSSR count). The molecule has 7 heteroatoms. The van der Waals surface area contributed by atoms with Crippen LogP contribution in [0.2, 0.25) is 0 Å². The summed E-state index contributed by atoms with van der Waals surface area (Å²) in [5.41, 5.74) is 1.31. The van der Waals surface area contributed by atoms with Crippen LogP contribution in [-0.4, -0.2) is 26.8 Å². The third-order valence-electron chi connectivity index (χ3n) is 5.11. The highest BCUT2D eigenvalue weighted by Gasteiger charge is 2.25. The molecule has 28 heavy (non-hydrogen) atoms. The van der Waals surface area contributed by atoms with Crippen LogP contribution in [0.15, 0.2) is 9.95 Å². The lowest BCUT2D eigenvalue weighted by atomic mass is 10.2. The fraction of sp³-hybridized carbons (Fsp3) is 0.667. The summed E-state index contributed by atoms with van der Waals surface area (Å²) in [6, 6.07) is 0.0995. The summed E-state index contributed by atoms with van der Waals surface area (Å²) in [5, 5.41) is 4.17. The van der Waals surface area contributed by atoms with Gasteiger partial charge in [0.2, 0.25) is 5.91 Å². The molecule has 1 unspecified atom stereocenters. The van der Waals surface area contributed by atoms with E-state index in [9.17, 15) is 9.59 Å². The Morgan fingerprint density at radius 3 is 2.75 bits per heavy atom. The van der Waals surface area contributed by atoms with Gasteiger partial charge in [-0.3, -0.25) is 14.2 Å². The molecule has 0 radical (unpaired) electrons. The summed E-state index contributed by atoms with van der Waals surface area (Å²) >= 11 is 3.06. The van der Waals surface area contributed by atoms with Crippen LogP contribution in [0, 0.1) is 0 Å². The first-order chi connectivity index (χ1) is 13.4. The molecule has 0 saturated heterocycles. The summed E-state index contributed by atoms with van der Waals surface area (Å²) in [5.74, 6) is -0.0134. The van der Waals surface area contributed by atoms with Gasteiger partial charge in [0.1, 0.15) is 4.83 Å². The molecule has 5 nitrogen and oxygen atoms in total. The van der Waals surface area contributed by atoms with Crippen LogP contribution >= 0.6 is 23.1 Å². The van der Waals surface area contributed by atoms with Crippen molar-refractivity contribution >= 4 is 39.2 Å². The number of hydrogen-bond donors (Lipinski definition) is 1. The third kappa shape index (κ3) is 4.62. The molecule has 0 spiro atoms. The van der Waals surface area contributed by atoms with Gasteiger partial charge >= 0.3 is 0 Å². The number of nitrogens with one attached hydrogen (secondary N) is 1. The highest BCUT2D eigenvalue weighted by atomic mass is 32.2. The van der Waals surface area contributed by atoms with Gasteiger partial charge in [-0.15, -0.1) is 11.3 Å². The summed E-state index contributed by atoms with van der Waals surface area (Å²) < 4.78 is 1.83. The van der Waals surface area contributed by atoms with Crippen LogP contribution < -0.4 is 10.9 Å². The third-order valence-corrected chi connectivity index (χ3v) is 7.38. The van der Waals surface area contributed by atoms with Gasteiger partial charge in [-0.1, -0.05) is 37.9 Å². The maximum atomic E-state index is 13.4. The maximum Gasteiger partial charge on any atom is 0.263 e. The number of thiophene rings is 1. The molecule has 2 aromatic heterocycles. The number of thioether (sulfide) groups is 1. The summed E-state index contributed by atoms with van der Waals surface area (Å²) in [6.07, 6.45) is 7.59. The number of carbonyl (C=O) groups excluding carboxylic acids is 1. The highest BCUT2D eigenvalue weighted by Crippen LogP contribution is 2.36. The molecule has 1 aliphatic carbocycles. The van der Waals surface area contributed by atoms with Crippen molar-refractivity contribution in [2.45, 2.75) is 95.6 Å². The number of unbranched alkanes of at least 4 members (excludes halogenated alkanes) is 3. The van der Waals surface area contributed by atoms with Crippen molar-refractivity contribution in [2.24, 2.45) is 0 Å². The Balaban J connectivity index is 1.94. The molecule has 2 aromatic rings. The molecule has 0 aliphatic heterocycles. The topological polar surface area (TPSA) is 64.0 Å². The van der Waals surface area contributed by atoms with E-state index in [1.54, 1.807) is 11.3 Å². The summed E-state index contributed by atoms with van der Waals surface area (Å²) in [4.78, 5) is 32.8. The Morgan fingerprint density at radius 2 is 2.04 bits per heavy atom. The van der Waals surface area contributed by atoms with Crippen molar-refractivity contribution in [2.75, 3.05) is 0 Å². The largest absolute Gasteiger partial charge is 0.353 e. The molecule has 1 N–H and O–H groups in total. The van der Waals surface area contributed by atoms with Gasteiger partial charge < -0.3 is 5.32 Å². The van der Waals surface area contributed by atoms with E-state index in [0.717, 1.165) is 48.7 Å². The molecule has 154 valence electrons. The van der Waals surface area contributed by atoms with Crippen LogP contribution in [0.4, 0.5) is 0 Å². The molecule has 1 amide bonds.